The predicted molar refractivity (Wildman–Crippen MR) is 86.7 cm³/mol. The maximum atomic E-state index is 10.6. The summed E-state index contributed by atoms with van der Waals surface area (Å²) in [4.78, 5) is 0. The van der Waals surface area contributed by atoms with Gasteiger partial charge in [0.15, 0.2) is 0 Å². The highest BCUT2D eigenvalue weighted by molar-refractivity contribution is 9.10. The fourth-order valence-electron chi connectivity index (χ4n) is 2.45. The first-order valence-electron chi connectivity index (χ1n) is 7.00. The van der Waals surface area contributed by atoms with Gasteiger partial charge in [0.2, 0.25) is 0 Å². The molecule has 0 spiro atoms. The smallest absolute Gasteiger partial charge is 0.124 e. The van der Waals surface area contributed by atoms with E-state index in [4.69, 9.17) is 4.74 Å². The highest BCUT2D eigenvalue weighted by Gasteiger charge is 2.20. The third-order valence-electron chi connectivity index (χ3n) is 3.63. The van der Waals surface area contributed by atoms with E-state index in [2.05, 4.69) is 28.0 Å². The van der Waals surface area contributed by atoms with Crippen molar-refractivity contribution in [1.82, 2.24) is 9.78 Å². The van der Waals surface area contributed by atoms with E-state index < -0.39 is 6.10 Å². The fraction of sp³-hybridized carbons (Fsp3) is 0.438. The lowest BCUT2D eigenvalue weighted by Gasteiger charge is -2.16. The van der Waals surface area contributed by atoms with E-state index >= 15 is 0 Å². The molecular formula is C16H21BrN2O2. The Morgan fingerprint density at radius 3 is 2.71 bits per heavy atom. The largest absolute Gasteiger partial charge is 0.496 e. The van der Waals surface area contributed by atoms with E-state index in [0.29, 0.717) is 12.2 Å². The van der Waals surface area contributed by atoms with Crippen molar-refractivity contribution in [2.24, 2.45) is 7.05 Å². The first kappa shape index (κ1) is 16.0. The summed E-state index contributed by atoms with van der Waals surface area (Å²) in [6.45, 7) is 4.07. The molecule has 2 aromatic rings. The summed E-state index contributed by atoms with van der Waals surface area (Å²) in [7, 11) is 3.52. The van der Waals surface area contributed by atoms with E-state index in [1.54, 1.807) is 7.11 Å². The maximum Gasteiger partial charge on any atom is 0.124 e. The molecule has 1 aromatic carbocycles. The van der Waals surface area contributed by atoms with Gasteiger partial charge in [0.05, 0.1) is 29.1 Å². The summed E-state index contributed by atoms with van der Waals surface area (Å²) in [5.74, 6) is 0.710. The molecule has 5 heteroatoms. The number of hydrogen-bond donors (Lipinski definition) is 1. The number of halogens is 1. The Morgan fingerprint density at radius 2 is 2.14 bits per heavy atom. The Balaban J connectivity index is 2.32. The highest BCUT2D eigenvalue weighted by Crippen LogP contribution is 2.31. The molecular weight excluding hydrogens is 332 g/mol. The first-order valence-corrected chi connectivity index (χ1v) is 7.80. The SMILES string of the molecule is CCc1nn(C)c(CC(O)c2cc(C)ccc2OC)c1Br. The molecule has 1 N–H and O–H groups in total. The van der Waals surface area contributed by atoms with Crippen LogP contribution in [0.1, 0.15) is 35.5 Å². The number of methoxy groups -OCH3 is 1. The minimum atomic E-state index is -0.628. The van der Waals surface area contributed by atoms with Gasteiger partial charge in [-0.3, -0.25) is 4.68 Å². The lowest BCUT2D eigenvalue weighted by molar-refractivity contribution is 0.171. The molecule has 0 aliphatic heterocycles. The van der Waals surface area contributed by atoms with E-state index in [-0.39, 0.29) is 0 Å². The van der Waals surface area contributed by atoms with Crippen LogP contribution in [0.4, 0.5) is 0 Å². The zero-order valence-corrected chi connectivity index (χ0v) is 14.4. The molecule has 1 atom stereocenters. The zero-order chi connectivity index (χ0) is 15.6. The summed E-state index contributed by atoms with van der Waals surface area (Å²) >= 11 is 3.59. The van der Waals surface area contributed by atoms with Crippen molar-refractivity contribution in [2.45, 2.75) is 32.8 Å². The molecule has 1 unspecified atom stereocenters. The van der Waals surface area contributed by atoms with Gasteiger partial charge in [0.1, 0.15) is 5.75 Å². The van der Waals surface area contributed by atoms with Crippen molar-refractivity contribution in [2.75, 3.05) is 7.11 Å². The van der Waals surface area contributed by atoms with Crippen LogP contribution < -0.4 is 4.74 Å². The van der Waals surface area contributed by atoms with Crippen LogP contribution in [0.2, 0.25) is 0 Å². The lowest BCUT2D eigenvalue weighted by atomic mass is 10.0. The first-order chi connectivity index (χ1) is 9.97. The molecule has 1 heterocycles. The van der Waals surface area contributed by atoms with Gasteiger partial charge in [-0.2, -0.15) is 5.10 Å². The lowest BCUT2D eigenvalue weighted by Crippen LogP contribution is -2.08. The van der Waals surface area contributed by atoms with Crippen LogP contribution in [0.15, 0.2) is 22.7 Å². The molecule has 21 heavy (non-hydrogen) atoms. The number of hydrogen-bond acceptors (Lipinski definition) is 3. The molecule has 4 nitrogen and oxygen atoms in total. The van der Waals surface area contributed by atoms with Gasteiger partial charge in [-0.15, -0.1) is 0 Å². The third kappa shape index (κ3) is 3.30. The van der Waals surface area contributed by atoms with Crippen molar-refractivity contribution in [3.05, 3.63) is 45.2 Å². The highest BCUT2D eigenvalue weighted by atomic mass is 79.9. The molecule has 0 aliphatic rings. The van der Waals surface area contributed by atoms with E-state index in [0.717, 1.165) is 33.4 Å². The van der Waals surface area contributed by atoms with Gasteiger partial charge < -0.3 is 9.84 Å². The molecule has 0 saturated carbocycles. The minimum absolute atomic E-state index is 0.490. The average molecular weight is 353 g/mol. The number of aliphatic hydroxyl groups is 1. The summed E-state index contributed by atoms with van der Waals surface area (Å²) in [6.07, 6.45) is 0.721. The van der Waals surface area contributed by atoms with Crippen LogP contribution in [0.5, 0.6) is 5.75 Å². The van der Waals surface area contributed by atoms with Crippen molar-refractivity contribution < 1.29 is 9.84 Å². The number of aryl methyl sites for hydroxylation is 3. The van der Waals surface area contributed by atoms with Gasteiger partial charge >= 0.3 is 0 Å². The number of aliphatic hydroxyl groups excluding tert-OH is 1. The summed E-state index contributed by atoms with van der Waals surface area (Å²) in [5.41, 5.74) is 3.91. The zero-order valence-electron chi connectivity index (χ0n) is 12.9. The van der Waals surface area contributed by atoms with Gasteiger partial charge in [-0.05, 0) is 41.4 Å². The Hall–Kier alpha value is -1.33. The van der Waals surface area contributed by atoms with E-state index in [1.807, 2.05) is 36.9 Å². The van der Waals surface area contributed by atoms with Crippen LogP contribution in [0, 0.1) is 6.92 Å². The van der Waals surface area contributed by atoms with E-state index in [9.17, 15) is 5.11 Å². The second-order valence-electron chi connectivity index (χ2n) is 5.15. The molecule has 0 saturated heterocycles. The number of aromatic nitrogens is 2. The Kier molecular flexibility index (Phi) is 5.06. The van der Waals surface area contributed by atoms with Gasteiger partial charge in [-0.25, -0.2) is 0 Å². The van der Waals surface area contributed by atoms with Crippen molar-refractivity contribution in [1.29, 1.82) is 0 Å². The van der Waals surface area contributed by atoms with Crippen LogP contribution in [0.25, 0.3) is 0 Å². The van der Waals surface area contributed by atoms with Gasteiger partial charge in [0, 0.05) is 19.0 Å². The normalized spacial score (nSPS) is 12.5. The quantitative estimate of drug-likeness (QED) is 0.897. The molecule has 1 aromatic heterocycles. The summed E-state index contributed by atoms with van der Waals surface area (Å²) in [5, 5.41) is 15.1. The Morgan fingerprint density at radius 1 is 1.43 bits per heavy atom. The van der Waals surface area contributed by atoms with Crippen molar-refractivity contribution in [3.63, 3.8) is 0 Å². The van der Waals surface area contributed by atoms with Crippen LogP contribution in [-0.2, 0) is 19.9 Å². The fourth-order valence-corrected chi connectivity index (χ4v) is 3.23. The number of nitrogens with zero attached hydrogens (tertiary/aromatic N) is 2. The van der Waals surface area contributed by atoms with Crippen LogP contribution >= 0.6 is 15.9 Å². The Labute approximate surface area is 133 Å². The standard InChI is InChI=1S/C16H21BrN2O2/c1-5-12-16(17)13(19(3)18-12)9-14(20)11-8-10(2)6-7-15(11)21-4/h6-8,14,20H,5,9H2,1-4H3. The monoisotopic (exact) mass is 352 g/mol. The Bertz CT molecular complexity index is 637. The molecule has 2 rings (SSSR count). The second-order valence-corrected chi connectivity index (χ2v) is 5.94. The molecule has 0 radical (unpaired) electrons. The molecule has 0 amide bonds. The van der Waals surface area contributed by atoms with Crippen LogP contribution in [-0.4, -0.2) is 22.0 Å². The molecule has 0 fully saturated rings. The average Bonchev–Trinajstić information content (AvgIpc) is 2.74. The number of rotatable bonds is 5. The predicted octanol–water partition coefficient (Wildman–Crippen LogP) is 3.34. The van der Waals surface area contributed by atoms with Gasteiger partial charge in [0.25, 0.3) is 0 Å². The second kappa shape index (κ2) is 6.62. The third-order valence-corrected chi connectivity index (χ3v) is 4.55. The van der Waals surface area contributed by atoms with Gasteiger partial charge in [-0.1, -0.05) is 18.6 Å². The van der Waals surface area contributed by atoms with E-state index in [1.165, 1.54) is 0 Å². The summed E-state index contributed by atoms with van der Waals surface area (Å²) < 4.78 is 8.16. The van der Waals surface area contributed by atoms with Crippen molar-refractivity contribution >= 4 is 15.9 Å². The van der Waals surface area contributed by atoms with Crippen LogP contribution in [0.3, 0.4) is 0 Å². The van der Waals surface area contributed by atoms with Crippen molar-refractivity contribution in [3.8, 4) is 5.75 Å². The maximum absolute atomic E-state index is 10.6. The summed E-state index contributed by atoms with van der Waals surface area (Å²) in [6, 6.07) is 5.84. The number of ether oxygens (including phenoxy) is 1. The topological polar surface area (TPSA) is 47.3 Å². The molecule has 0 bridgehead atoms. The number of benzene rings is 1. The molecule has 0 aliphatic carbocycles. The molecule has 114 valence electrons. The minimum Gasteiger partial charge on any atom is -0.496 e.